The van der Waals surface area contributed by atoms with E-state index in [4.69, 9.17) is 11.5 Å². The van der Waals surface area contributed by atoms with Crippen molar-refractivity contribution in [1.82, 2.24) is 0 Å². The summed E-state index contributed by atoms with van der Waals surface area (Å²) >= 11 is 0.924. The number of aryl methyl sites for hydroxylation is 2. The third kappa shape index (κ3) is 6.71. The number of carbonyl (C=O) groups excluding carboxylic acids is 2. The molecule has 0 aliphatic rings. The second-order valence-corrected chi connectivity index (χ2v) is 10.0. The summed E-state index contributed by atoms with van der Waals surface area (Å²) in [6.45, 7) is 3.47. The molecule has 0 saturated carbocycles. The number of benzene rings is 4. The number of halogens is 3. The van der Waals surface area contributed by atoms with Gasteiger partial charge in [0.2, 0.25) is 0 Å². The van der Waals surface area contributed by atoms with Crippen LogP contribution in [0.1, 0.15) is 37.4 Å². The fraction of sp³-hybridized carbons (Fsp3) is 0.103. The third-order valence-corrected chi connectivity index (χ3v) is 6.96. The second kappa shape index (κ2) is 11.1. The number of hydrogen-bond donors (Lipinski definition) is 4. The van der Waals surface area contributed by atoms with Crippen LogP contribution in [-0.2, 0) is 6.18 Å². The van der Waals surface area contributed by atoms with E-state index in [1.807, 2.05) is 0 Å². The number of carbonyl (C=O) groups is 2. The fourth-order valence-electron chi connectivity index (χ4n) is 3.93. The standard InChI is InChI=1S/C29H25F3N4O2S/c1-16-13-18(33)3-10-23(16)27(37)35-20-5-8-22(9-6-20)39-26-12-7-21(15-25(26)29(30,31)32)36-28(38)24-11-4-19(34)14-17(24)2/h3-15H,33-34H2,1-2H3,(H,35,37)(H,36,38). The number of amides is 2. The zero-order valence-electron chi connectivity index (χ0n) is 21.0. The lowest BCUT2D eigenvalue weighted by molar-refractivity contribution is -0.139. The first kappa shape index (κ1) is 27.6. The monoisotopic (exact) mass is 550 g/mol. The van der Waals surface area contributed by atoms with Crippen LogP contribution in [0.15, 0.2) is 88.7 Å². The molecule has 0 fully saturated rings. The van der Waals surface area contributed by atoms with Crippen LogP contribution in [0.25, 0.3) is 0 Å². The predicted molar refractivity (Wildman–Crippen MR) is 149 cm³/mol. The highest BCUT2D eigenvalue weighted by Gasteiger charge is 2.34. The molecule has 200 valence electrons. The Kier molecular flexibility index (Phi) is 7.87. The topological polar surface area (TPSA) is 110 Å². The lowest BCUT2D eigenvalue weighted by Crippen LogP contribution is -2.15. The molecule has 0 atom stereocenters. The van der Waals surface area contributed by atoms with Crippen molar-refractivity contribution in [2.24, 2.45) is 0 Å². The Labute approximate surface area is 227 Å². The van der Waals surface area contributed by atoms with Crippen molar-refractivity contribution in [3.63, 3.8) is 0 Å². The van der Waals surface area contributed by atoms with E-state index < -0.39 is 17.6 Å². The van der Waals surface area contributed by atoms with Gasteiger partial charge in [0.1, 0.15) is 0 Å². The maximum absolute atomic E-state index is 13.9. The normalized spacial score (nSPS) is 11.2. The lowest BCUT2D eigenvalue weighted by atomic mass is 10.1. The number of nitrogens with one attached hydrogen (secondary N) is 2. The first-order valence-electron chi connectivity index (χ1n) is 11.7. The van der Waals surface area contributed by atoms with Crippen LogP contribution in [0.4, 0.5) is 35.9 Å². The van der Waals surface area contributed by atoms with Gasteiger partial charge in [-0.15, -0.1) is 0 Å². The summed E-state index contributed by atoms with van der Waals surface area (Å²) in [6, 6.07) is 19.8. The first-order chi connectivity index (χ1) is 18.4. The Morgan fingerprint density at radius 1 is 0.692 bits per heavy atom. The quantitative estimate of drug-likeness (QED) is 0.191. The number of rotatable bonds is 6. The highest BCUT2D eigenvalue weighted by atomic mass is 32.2. The summed E-state index contributed by atoms with van der Waals surface area (Å²) in [5, 5.41) is 5.31. The van der Waals surface area contributed by atoms with Crippen molar-refractivity contribution in [1.29, 1.82) is 0 Å². The Hall–Kier alpha value is -4.44. The van der Waals surface area contributed by atoms with Gasteiger partial charge in [0.15, 0.2) is 0 Å². The van der Waals surface area contributed by atoms with Crippen LogP contribution in [0.5, 0.6) is 0 Å². The molecule has 0 bridgehead atoms. The molecule has 10 heteroatoms. The zero-order valence-corrected chi connectivity index (χ0v) is 21.8. The molecule has 0 aromatic heterocycles. The Balaban J connectivity index is 1.50. The summed E-state index contributed by atoms with van der Waals surface area (Å²) in [7, 11) is 0. The second-order valence-electron chi connectivity index (χ2n) is 8.89. The molecular formula is C29H25F3N4O2S. The van der Waals surface area contributed by atoms with Crippen molar-refractivity contribution >= 4 is 46.3 Å². The molecule has 0 unspecified atom stereocenters. The van der Waals surface area contributed by atoms with Crippen LogP contribution in [0, 0.1) is 13.8 Å². The molecule has 4 aromatic rings. The minimum Gasteiger partial charge on any atom is -0.399 e. The molecule has 39 heavy (non-hydrogen) atoms. The number of alkyl halides is 3. The highest BCUT2D eigenvalue weighted by Crippen LogP contribution is 2.41. The summed E-state index contributed by atoms with van der Waals surface area (Å²) in [4.78, 5) is 25.7. The molecule has 4 rings (SSSR count). The number of hydrogen-bond acceptors (Lipinski definition) is 5. The van der Waals surface area contributed by atoms with E-state index in [1.165, 1.54) is 18.2 Å². The minimum atomic E-state index is -4.65. The number of nitrogen functional groups attached to an aromatic ring is 2. The van der Waals surface area contributed by atoms with Gasteiger partial charge in [-0.2, -0.15) is 13.2 Å². The van der Waals surface area contributed by atoms with E-state index in [0.29, 0.717) is 38.6 Å². The molecule has 0 spiro atoms. The maximum Gasteiger partial charge on any atom is 0.417 e. The van der Waals surface area contributed by atoms with Crippen molar-refractivity contribution in [2.75, 3.05) is 22.1 Å². The molecule has 4 aromatic carbocycles. The van der Waals surface area contributed by atoms with Gasteiger partial charge in [-0.05, 0) is 104 Å². The molecule has 0 heterocycles. The van der Waals surface area contributed by atoms with Crippen molar-refractivity contribution in [2.45, 2.75) is 29.8 Å². The average Bonchev–Trinajstić information content (AvgIpc) is 2.85. The van der Waals surface area contributed by atoms with Gasteiger partial charge in [-0.3, -0.25) is 9.59 Å². The van der Waals surface area contributed by atoms with Gasteiger partial charge in [0.25, 0.3) is 11.8 Å². The first-order valence-corrected chi connectivity index (χ1v) is 12.6. The molecule has 0 radical (unpaired) electrons. The molecule has 0 aliphatic heterocycles. The van der Waals surface area contributed by atoms with E-state index in [0.717, 1.165) is 23.4 Å². The number of nitrogens with two attached hydrogens (primary N) is 2. The van der Waals surface area contributed by atoms with Crippen molar-refractivity contribution in [3.8, 4) is 0 Å². The van der Waals surface area contributed by atoms with Crippen LogP contribution < -0.4 is 22.1 Å². The molecular weight excluding hydrogens is 525 g/mol. The van der Waals surface area contributed by atoms with Crippen LogP contribution in [0.2, 0.25) is 0 Å². The highest BCUT2D eigenvalue weighted by molar-refractivity contribution is 7.99. The van der Waals surface area contributed by atoms with E-state index in [-0.39, 0.29) is 16.5 Å². The summed E-state index contributed by atoms with van der Waals surface area (Å²) in [5.74, 6) is -0.855. The summed E-state index contributed by atoms with van der Waals surface area (Å²) in [5.41, 5.74) is 14.2. The van der Waals surface area contributed by atoms with Crippen LogP contribution in [0.3, 0.4) is 0 Å². The van der Waals surface area contributed by atoms with E-state index in [1.54, 1.807) is 68.4 Å². The van der Waals surface area contributed by atoms with Crippen LogP contribution >= 0.6 is 11.8 Å². The third-order valence-electron chi connectivity index (χ3n) is 5.87. The van der Waals surface area contributed by atoms with E-state index in [2.05, 4.69) is 10.6 Å². The van der Waals surface area contributed by atoms with Crippen LogP contribution in [-0.4, -0.2) is 11.8 Å². The maximum atomic E-state index is 13.9. The Bertz CT molecular complexity index is 1550. The lowest BCUT2D eigenvalue weighted by Gasteiger charge is -2.15. The minimum absolute atomic E-state index is 0.0175. The van der Waals surface area contributed by atoms with Crippen molar-refractivity contribution < 1.29 is 22.8 Å². The van der Waals surface area contributed by atoms with Gasteiger partial charge >= 0.3 is 6.18 Å². The largest absolute Gasteiger partial charge is 0.417 e. The molecule has 2 amide bonds. The van der Waals surface area contributed by atoms with Gasteiger partial charge in [0.05, 0.1) is 5.56 Å². The van der Waals surface area contributed by atoms with Crippen molar-refractivity contribution in [3.05, 3.63) is 107 Å². The van der Waals surface area contributed by atoms with Gasteiger partial charge in [0, 0.05) is 43.7 Å². The predicted octanol–water partition coefficient (Wildman–Crippen LogP) is 7.14. The van der Waals surface area contributed by atoms with E-state index >= 15 is 0 Å². The zero-order chi connectivity index (χ0) is 28.3. The molecule has 6 N–H and O–H groups in total. The molecule has 6 nitrogen and oxygen atoms in total. The van der Waals surface area contributed by atoms with Gasteiger partial charge < -0.3 is 22.1 Å². The molecule has 0 saturated heterocycles. The fourth-order valence-corrected chi connectivity index (χ4v) is 4.88. The van der Waals surface area contributed by atoms with E-state index in [9.17, 15) is 22.8 Å². The SMILES string of the molecule is Cc1cc(N)ccc1C(=O)Nc1ccc(Sc2ccc(NC(=O)c3ccc(N)cc3C)cc2C(F)(F)F)cc1. The van der Waals surface area contributed by atoms with Gasteiger partial charge in [-0.1, -0.05) is 11.8 Å². The number of anilines is 4. The van der Waals surface area contributed by atoms with Gasteiger partial charge in [-0.25, -0.2) is 0 Å². The Morgan fingerprint density at radius 2 is 1.18 bits per heavy atom. The molecule has 0 aliphatic carbocycles. The summed E-state index contributed by atoms with van der Waals surface area (Å²) < 4.78 is 41.8. The Morgan fingerprint density at radius 3 is 1.67 bits per heavy atom. The average molecular weight is 551 g/mol. The smallest absolute Gasteiger partial charge is 0.399 e. The summed E-state index contributed by atoms with van der Waals surface area (Å²) in [6.07, 6.45) is -4.65.